The first-order valence-corrected chi connectivity index (χ1v) is 5.08. The number of hydrogen-bond donors (Lipinski definition) is 1. The number of carbonyl (C=O) groups is 1. The van der Waals surface area contributed by atoms with E-state index in [4.69, 9.17) is 5.11 Å². The van der Waals surface area contributed by atoms with Crippen LogP contribution in [0.2, 0.25) is 0 Å². The highest BCUT2D eigenvalue weighted by Gasteiger charge is 2.09. The van der Waals surface area contributed by atoms with Crippen LogP contribution in [0.3, 0.4) is 0 Å². The predicted octanol–water partition coefficient (Wildman–Crippen LogP) is 1.14. The molecule has 1 atom stereocenters. The van der Waals surface area contributed by atoms with Crippen molar-refractivity contribution in [3.8, 4) is 0 Å². The Bertz CT molecular complexity index is 139. The van der Waals surface area contributed by atoms with Crippen LogP contribution in [0.1, 0.15) is 13.3 Å². The Morgan fingerprint density at radius 3 is 2.58 bits per heavy atom. The molecule has 0 aromatic heterocycles. The molecule has 0 aliphatic heterocycles. The Morgan fingerprint density at radius 1 is 1.58 bits per heavy atom. The van der Waals surface area contributed by atoms with Gasteiger partial charge in [-0.15, -0.1) is 11.8 Å². The molecule has 1 unspecified atom stereocenters. The minimum Gasteiger partial charge on any atom is -0.480 e. The zero-order valence-corrected chi connectivity index (χ0v) is 8.73. The number of aliphatic carboxylic acids is 1. The number of hydrogen-bond acceptors (Lipinski definition) is 3. The van der Waals surface area contributed by atoms with Gasteiger partial charge >= 0.3 is 5.97 Å². The van der Waals surface area contributed by atoms with Crippen molar-refractivity contribution in [3.63, 3.8) is 0 Å². The molecule has 0 aromatic carbocycles. The van der Waals surface area contributed by atoms with Gasteiger partial charge in [0.2, 0.25) is 0 Å². The summed E-state index contributed by atoms with van der Waals surface area (Å²) in [5.41, 5.74) is 0. The number of rotatable bonds is 6. The summed E-state index contributed by atoms with van der Waals surface area (Å²) in [4.78, 5) is 12.5. The lowest BCUT2D eigenvalue weighted by atomic mass is 10.5. The van der Waals surface area contributed by atoms with Gasteiger partial charge in [0.1, 0.15) is 0 Å². The van der Waals surface area contributed by atoms with Gasteiger partial charge in [0, 0.05) is 0 Å². The molecule has 0 saturated heterocycles. The van der Waals surface area contributed by atoms with E-state index in [0.29, 0.717) is 0 Å². The van der Waals surface area contributed by atoms with Gasteiger partial charge < -0.3 is 10.0 Å². The molecular weight excluding hydrogens is 174 g/mol. The van der Waals surface area contributed by atoms with Crippen molar-refractivity contribution in [3.05, 3.63) is 0 Å². The third-order valence-electron chi connectivity index (χ3n) is 1.47. The lowest BCUT2D eigenvalue weighted by molar-refractivity contribution is -0.136. The Kier molecular flexibility index (Phi) is 6.20. The maximum absolute atomic E-state index is 10.4. The van der Waals surface area contributed by atoms with Crippen LogP contribution in [0, 0.1) is 0 Å². The smallest absolute Gasteiger partial charge is 0.316 e. The first-order chi connectivity index (χ1) is 5.54. The molecular formula is C8H17NO2S. The van der Waals surface area contributed by atoms with Crippen molar-refractivity contribution >= 4 is 17.7 Å². The van der Waals surface area contributed by atoms with E-state index in [0.717, 1.165) is 18.7 Å². The van der Waals surface area contributed by atoms with Crippen molar-refractivity contribution < 1.29 is 9.90 Å². The molecule has 0 rings (SSSR count). The monoisotopic (exact) mass is 191 g/mol. The van der Waals surface area contributed by atoms with E-state index in [9.17, 15) is 4.79 Å². The average Bonchev–Trinajstić information content (AvgIpc) is 1.97. The molecule has 0 spiro atoms. The van der Waals surface area contributed by atoms with Crippen molar-refractivity contribution in [2.24, 2.45) is 0 Å². The third-order valence-corrected chi connectivity index (χ3v) is 2.69. The third kappa shape index (κ3) is 6.49. The van der Waals surface area contributed by atoms with Gasteiger partial charge in [0.25, 0.3) is 0 Å². The number of carboxylic acids is 1. The molecule has 1 N–H and O–H groups in total. The van der Waals surface area contributed by atoms with Gasteiger partial charge in [0.15, 0.2) is 0 Å². The van der Waals surface area contributed by atoms with E-state index < -0.39 is 5.97 Å². The Morgan fingerprint density at radius 2 is 2.17 bits per heavy atom. The van der Waals surface area contributed by atoms with E-state index >= 15 is 0 Å². The molecule has 4 heteroatoms. The second-order valence-electron chi connectivity index (χ2n) is 3.01. The minimum atomic E-state index is -0.718. The average molecular weight is 191 g/mol. The molecule has 12 heavy (non-hydrogen) atoms. The molecule has 0 bridgehead atoms. The van der Waals surface area contributed by atoms with Crippen LogP contribution in [0.4, 0.5) is 0 Å². The highest BCUT2D eigenvalue weighted by Crippen LogP contribution is 2.11. The molecule has 0 saturated carbocycles. The fraction of sp³-hybridized carbons (Fsp3) is 0.875. The zero-order chi connectivity index (χ0) is 9.56. The summed E-state index contributed by atoms with van der Waals surface area (Å²) in [7, 11) is 4.04. The SMILES string of the molecule is CC(SCCCN(C)C)C(=O)O. The van der Waals surface area contributed by atoms with Crippen LogP contribution in [0.25, 0.3) is 0 Å². The quantitative estimate of drug-likeness (QED) is 0.639. The summed E-state index contributed by atoms with van der Waals surface area (Å²) in [5.74, 6) is 0.205. The number of thioether (sulfide) groups is 1. The standard InChI is InChI=1S/C8H17NO2S/c1-7(8(10)11)12-6-4-5-9(2)3/h7H,4-6H2,1-3H3,(H,10,11). The Balaban J connectivity index is 3.25. The Hall–Kier alpha value is -0.220. The van der Waals surface area contributed by atoms with Crippen LogP contribution in [0.5, 0.6) is 0 Å². The van der Waals surface area contributed by atoms with Crippen LogP contribution < -0.4 is 0 Å². The van der Waals surface area contributed by atoms with E-state index in [1.807, 2.05) is 14.1 Å². The second-order valence-corrected chi connectivity index (χ2v) is 4.46. The summed E-state index contributed by atoms with van der Waals surface area (Å²) in [5, 5.41) is 8.29. The van der Waals surface area contributed by atoms with Gasteiger partial charge in [-0.2, -0.15) is 0 Å². The number of carboxylic acid groups (broad SMARTS) is 1. The van der Waals surface area contributed by atoms with Gasteiger partial charge in [0.05, 0.1) is 5.25 Å². The van der Waals surface area contributed by atoms with Crippen molar-refractivity contribution in [1.29, 1.82) is 0 Å². The fourth-order valence-corrected chi connectivity index (χ4v) is 1.50. The first kappa shape index (κ1) is 11.8. The maximum atomic E-state index is 10.4. The molecule has 0 fully saturated rings. The lowest BCUT2D eigenvalue weighted by Crippen LogP contribution is -2.16. The molecule has 0 aliphatic carbocycles. The van der Waals surface area contributed by atoms with Crippen LogP contribution in [-0.2, 0) is 4.79 Å². The van der Waals surface area contributed by atoms with Crippen molar-refractivity contribution in [2.75, 3.05) is 26.4 Å². The molecule has 0 aromatic rings. The molecule has 0 amide bonds. The van der Waals surface area contributed by atoms with Gasteiger partial charge in [-0.3, -0.25) is 4.79 Å². The minimum absolute atomic E-state index is 0.271. The topological polar surface area (TPSA) is 40.5 Å². The van der Waals surface area contributed by atoms with E-state index in [2.05, 4.69) is 4.90 Å². The van der Waals surface area contributed by atoms with Gasteiger partial charge in [-0.1, -0.05) is 0 Å². The molecule has 3 nitrogen and oxygen atoms in total. The zero-order valence-electron chi connectivity index (χ0n) is 7.91. The normalized spacial score (nSPS) is 13.3. The first-order valence-electron chi connectivity index (χ1n) is 4.03. The summed E-state index contributed by atoms with van der Waals surface area (Å²) < 4.78 is 0. The van der Waals surface area contributed by atoms with Gasteiger partial charge in [-0.05, 0) is 39.7 Å². The van der Waals surface area contributed by atoms with Gasteiger partial charge in [-0.25, -0.2) is 0 Å². The van der Waals surface area contributed by atoms with E-state index in [1.165, 1.54) is 11.8 Å². The highest BCUT2D eigenvalue weighted by molar-refractivity contribution is 8.00. The number of nitrogens with zero attached hydrogens (tertiary/aromatic N) is 1. The second kappa shape index (κ2) is 6.31. The Labute approximate surface area is 78.1 Å². The largest absolute Gasteiger partial charge is 0.480 e. The highest BCUT2D eigenvalue weighted by atomic mass is 32.2. The lowest BCUT2D eigenvalue weighted by Gasteiger charge is -2.09. The molecule has 72 valence electrons. The fourth-order valence-electron chi connectivity index (χ4n) is 0.712. The molecule has 0 heterocycles. The summed E-state index contributed by atoms with van der Waals surface area (Å²) >= 11 is 1.50. The van der Waals surface area contributed by atoms with E-state index in [-0.39, 0.29) is 5.25 Å². The summed E-state index contributed by atoms with van der Waals surface area (Å²) in [6.07, 6.45) is 1.05. The summed E-state index contributed by atoms with van der Waals surface area (Å²) in [6, 6.07) is 0. The van der Waals surface area contributed by atoms with Crippen LogP contribution in [0.15, 0.2) is 0 Å². The predicted molar refractivity (Wildman–Crippen MR) is 52.7 cm³/mol. The molecule has 0 aliphatic rings. The molecule has 0 radical (unpaired) electrons. The van der Waals surface area contributed by atoms with Crippen molar-refractivity contribution in [1.82, 2.24) is 4.90 Å². The van der Waals surface area contributed by atoms with Crippen LogP contribution >= 0.6 is 11.8 Å². The maximum Gasteiger partial charge on any atom is 0.316 e. The van der Waals surface area contributed by atoms with Crippen LogP contribution in [-0.4, -0.2) is 47.6 Å². The summed E-state index contributed by atoms with van der Waals surface area (Å²) in [6.45, 7) is 2.75. The van der Waals surface area contributed by atoms with Crippen molar-refractivity contribution in [2.45, 2.75) is 18.6 Å². The van der Waals surface area contributed by atoms with E-state index in [1.54, 1.807) is 6.92 Å².